The van der Waals surface area contributed by atoms with Crippen molar-refractivity contribution < 1.29 is 5.11 Å². The molecule has 0 amide bonds. The van der Waals surface area contributed by atoms with E-state index < -0.39 is 5.60 Å². The van der Waals surface area contributed by atoms with Crippen molar-refractivity contribution in [1.29, 1.82) is 0 Å². The standard InChI is InChI=1S/C14H29IO/c1-5-14(4,16)11-7-9-12(2)8-6-10-13(3)15/h12-13,16H,5-11H2,1-4H3/t12-,13?,14+/m1/s1. The van der Waals surface area contributed by atoms with Crippen LogP contribution < -0.4 is 0 Å². The second-order valence-corrected chi connectivity index (χ2v) is 7.69. The monoisotopic (exact) mass is 340 g/mol. The molecule has 2 heteroatoms. The van der Waals surface area contributed by atoms with Gasteiger partial charge in [-0.15, -0.1) is 0 Å². The zero-order valence-corrected chi connectivity index (χ0v) is 13.6. The van der Waals surface area contributed by atoms with Gasteiger partial charge in [-0.05, 0) is 32.1 Å². The fourth-order valence-corrected chi connectivity index (χ4v) is 2.34. The molecule has 0 heterocycles. The third kappa shape index (κ3) is 9.88. The van der Waals surface area contributed by atoms with E-state index in [1.807, 2.05) is 6.92 Å². The highest BCUT2D eigenvalue weighted by molar-refractivity contribution is 14.1. The Morgan fingerprint density at radius 1 is 1.12 bits per heavy atom. The van der Waals surface area contributed by atoms with Crippen molar-refractivity contribution in [3.8, 4) is 0 Å². The van der Waals surface area contributed by atoms with Crippen LogP contribution in [0.3, 0.4) is 0 Å². The fraction of sp³-hybridized carbons (Fsp3) is 1.00. The smallest absolute Gasteiger partial charge is 0.0617 e. The molecule has 0 bridgehead atoms. The molecule has 0 rings (SSSR count). The molecule has 1 unspecified atom stereocenters. The Morgan fingerprint density at radius 3 is 2.19 bits per heavy atom. The van der Waals surface area contributed by atoms with E-state index >= 15 is 0 Å². The molecule has 0 aliphatic heterocycles. The van der Waals surface area contributed by atoms with Crippen molar-refractivity contribution in [3.05, 3.63) is 0 Å². The normalized spacial score (nSPS) is 19.1. The quantitative estimate of drug-likeness (QED) is 0.465. The van der Waals surface area contributed by atoms with Crippen LogP contribution in [0, 0.1) is 5.92 Å². The summed E-state index contributed by atoms with van der Waals surface area (Å²) in [5.41, 5.74) is -0.434. The molecule has 0 aliphatic rings. The zero-order valence-electron chi connectivity index (χ0n) is 11.4. The second-order valence-electron chi connectivity index (χ2n) is 5.56. The van der Waals surface area contributed by atoms with Gasteiger partial charge in [0.1, 0.15) is 0 Å². The maximum atomic E-state index is 9.88. The summed E-state index contributed by atoms with van der Waals surface area (Å²) in [5.74, 6) is 0.822. The molecule has 1 nitrogen and oxygen atoms in total. The van der Waals surface area contributed by atoms with Gasteiger partial charge in [0.15, 0.2) is 0 Å². The Balaban J connectivity index is 3.47. The molecule has 3 atom stereocenters. The first kappa shape index (κ1) is 16.7. The topological polar surface area (TPSA) is 20.2 Å². The number of hydrogen-bond acceptors (Lipinski definition) is 1. The van der Waals surface area contributed by atoms with Crippen LogP contribution in [-0.2, 0) is 0 Å². The van der Waals surface area contributed by atoms with Gasteiger partial charge < -0.3 is 5.11 Å². The third-order valence-electron chi connectivity index (χ3n) is 3.47. The van der Waals surface area contributed by atoms with Gasteiger partial charge in [-0.1, -0.05) is 69.0 Å². The SMILES string of the molecule is CC[C@](C)(O)CCC[C@H](C)CCCC(C)I. The van der Waals surface area contributed by atoms with Gasteiger partial charge in [0.25, 0.3) is 0 Å². The maximum Gasteiger partial charge on any atom is 0.0617 e. The molecule has 0 aromatic carbocycles. The Morgan fingerprint density at radius 2 is 1.69 bits per heavy atom. The molecule has 16 heavy (non-hydrogen) atoms. The van der Waals surface area contributed by atoms with Gasteiger partial charge in [0, 0.05) is 3.92 Å². The lowest BCUT2D eigenvalue weighted by atomic mass is 9.91. The predicted octanol–water partition coefficient (Wildman–Crippen LogP) is 4.95. The molecular weight excluding hydrogens is 311 g/mol. The Bertz CT molecular complexity index is 166. The molecule has 0 saturated carbocycles. The second kappa shape index (κ2) is 8.73. The van der Waals surface area contributed by atoms with Gasteiger partial charge in [-0.2, -0.15) is 0 Å². The molecule has 1 N–H and O–H groups in total. The summed E-state index contributed by atoms with van der Waals surface area (Å²) >= 11 is 2.50. The van der Waals surface area contributed by atoms with Crippen LogP contribution in [0.15, 0.2) is 0 Å². The van der Waals surface area contributed by atoms with Crippen molar-refractivity contribution in [2.24, 2.45) is 5.92 Å². The summed E-state index contributed by atoms with van der Waals surface area (Å²) in [5, 5.41) is 9.88. The highest BCUT2D eigenvalue weighted by atomic mass is 127. The Hall–Kier alpha value is 0.690. The van der Waals surface area contributed by atoms with Gasteiger partial charge in [0.05, 0.1) is 5.60 Å². The Labute approximate surface area is 116 Å². The minimum absolute atomic E-state index is 0.434. The predicted molar refractivity (Wildman–Crippen MR) is 81.3 cm³/mol. The van der Waals surface area contributed by atoms with E-state index in [2.05, 4.69) is 43.4 Å². The first-order valence-corrected chi connectivity index (χ1v) is 7.98. The van der Waals surface area contributed by atoms with Crippen LogP contribution in [0.4, 0.5) is 0 Å². The number of hydrogen-bond donors (Lipinski definition) is 1. The first-order valence-electron chi connectivity index (χ1n) is 6.74. The van der Waals surface area contributed by atoms with Gasteiger partial charge in [-0.3, -0.25) is 0 Å². The van der Waals surface area contributed by atoms with Crippen molar-refractivity contribution in [2.75, 3.05) is 0 Å². The minimum Gasteiger partial charge on any atom is -0.390 e. The van der Waals surface area contributed by atoms with Gasteiger partial charge in [-0.25, -0.2) is 0 Å². The number of alkyl halides is 1. The van der Waals surface area contributed by atoms with E-state index in [0.29, 0.717) is 0 Å². The lowest BCUT2D eigenvalue weighted by Gasteiger charge is -2.22. The highest BCUT2D eigenvalue weighted by Crippen LogP contribution is 2.22. The van der Waals surface area contributed by atoms with E-state index in [1.165, 1.54) is 32.1 Å². The van der Waals surface area contributed by atoms with Crippen LogP contribution in [0.2, 0.25) is 0 Å². The summed E-state index contributed by atoms with van der Waals surface area (Å²) in [4.78, 5) is 0. The number of rotatable bonds is 9. The summed E-state index contributed by atoms with van der Waals surface area (Å²) in [6.45, 7) is 8.64. The molecular formula is C14H29IO. The van der Waals surface area contributed by atoms with Crippen LogP contribution in [0.1, 0.15) is 72.6 Å². The summed E-state index contributed by atoms with van der Waals surface area (Å²) in [7, 11) is 0. The molecule has 0 spiro atoms. The number of aliphatic hydroxyl groups is 1. The van der Waals surface area contributed by atoms with Crippen LogP contribution in [-0.4, -0.2) is 14.6 Å². The summed E-state index contributed by atoms with van der Waals surface area (Å²) < 4.78 is 0.811. The minimum atomic E-state index is -0.434. The lowest BCUT2D eigenvalue weighted by Crippen LogP contribution is -2.22. The molecule has 0 aliphatic carbocycles. The molecule has 98 valence electrons. The van der Waals surface area contributed by atoms with Crippen molar-refractivity contribution in [1.82, 2.24) is 0 Å². The number of halogens is 1. The highest BCUT2D eigenvalue weighted by Gasteiger charge is 2.17. The van der Waals surface area contributed by atoms with Crippen LogP contribution >= 0.6 is 22.6 Å². The molecule has 0 aromatic rings. The summed E-state index contributed by atoms with van der Waals surface area (Å²) in [6, 6.07) is 0. The van der Waals surface area contributed by atoms with E-state index in [9.17, 15) is 5.11 Å². The average Bonchev–Trinajstić information content (AvgIpc) is 2.17. The zero-order chi connectivity index (χ0) is 12.6. The molecule has 0 radical (unpaired) electrons. The fourth-order valence-electron chi connectivity index (χ4n) is 1.90. The first-order chi connectivity index (χ1) is 7.37. The third-order valence-corrected chi connectivity index (χ3v) is 4.10. The van der Waals surface area contributed by atoms with Crippen molar-refractivity contribution >= 4 is 22.6 Å². The van der Waals surface area contributed by atoms with E-state index in [1.54, 1.807) is 0 Å². The maximum absolute atomic E-state index is 9.88. The van der Waals surface area contributed by atoms with Gasteiger partial charge >= 0.3 is 0 Å². The largest absolute Gasteiger partial charge is 0.390 e. The summed E-state index contributed by atoms with van der Waals surface area (Å²) in [6.07, 6.45) is 8.31. The van der Waals surface area contributed by atoms with E-state index in [-0.39, 0.29) is 0 Å². The van der Waals surface area contributed by atoms with Crippen molar-refractivity contribution in [3.63, 3.8) is 0 Å². The van der Waals surface area contributed by atoms with Crippen LogP contribution in [0.25, 0.3) is 0 Å². The van der Waals surface area contributed by atoms with Crippen molar-refractivity contribution in [2.45, 2.75) is 82.2 Å². The van der Waals surface area contributed by atoms with E-state index in [4.69, 9.17) is 0 Å². The lowest BCUT2D eigenvalue weighted by molar-refractivity contribution is 0.0432. The molecule has 0 aromatic heterocycles. The molecule has 0 saturated heterocycles. The van der Waals surface area contributed by atoms with Gasteiger partial charge in [0.2, 0.25) is 0 Å². The van der Waals surface area contributed by atoms with E-state index in [0.717, 1.165) is 22.7 Å². The average molecular weight is 340 g/mol. The molecule has 0 fully saturated rings. The van der Waals surface area contributed by atoms with Crippen LogP contribution in [0.5, 0.6) is 0 Å². The Kier molecular flexibility index (Phi) is 9.11.